The number of carbonyl (C=O) groups is 1. The van der Waals surface area contributed by atoms with Gasteiger partial charge in [0, 0.05) is 13.1 Å². The van der Waals surface area contributed by atoms with E-state index in [2.05, 4.69) is 0 Å². The van der Waals surface area contributed by atoms with Gasteiger partial charge in [-0.3, -0.25) is 4.79 Å². The second kappa shape index (κ2) is 7.36. The number of rotatable bonds is 4. The van der Waals surface area contributed by atoms with Gasteiger partial charge in [-0.2, -0.15) is 0 Å². The van der Waals surface area contributed by atoms with Crippen LogP contribution in [-0.4, -0.2) is 44.7 Å². The summed E-state index contributed by atoms with van der Waals surface area (Å²) in [5.74, 6) is 1.45. The van der Waals surface area contributed by atoms with Crippen LogP contribution in [0.25, 0.3) is 0 Å². The molecule has 0 saturated carbocycles. The molecular weight excluding hydrogens is 280 g/mol. The second-order valence-electron chi connectivity index (χ2n) is 4.68. The van der Waals surface area contributed by atoms with Gasteiger partial charge < -0.3 is 20.1 Å². The first-order chi connectivity index (χ1) is 9.21. The van der Waals surface area contributed by atoms with E-state index in [9.17, 15) is 4.79 Å². The molecule has 0 aromatic heterocycles. The Balaban J connectivity index is 0.00000200. The minimum Gasteiger partial charge on any atom is -0.493 e. The van der Waals surface area contributed by atoms with E-state index in [0.29, 0.717) is 29.5 Å². The molecule has 2 N–H and O–H groups in total. The molecule has 20 heavy (non-hydrogen) atoms. The molecule has 0 bridgehead atoms. The monoisotopic (exact) mass is 300 g/mol. The molecule has 1 heterocycles. The van der Waals surface area contributed by atoms with Crippen LogP contribution in [0.2, 0.25) is 0 Å². The standard InChI is InChI=1S/C14H20N2O3.ClH/c1-18-12-5-3-4-11(13(12)19-2)14(17)16-7-6-10(8-15)9-16;/h3-5,10H,6-9,15H2,1-2H3;1H. The van der Waals surface area contributed by atoms with Crippen molar-refractivity contribution in [3.8, 4) is 11.5 Å². The molecule has 1 unspecified atom stereocenters. The van der Waals surface area contributed by atoms with Crippen molar-refractivity contribution < 1.29 is 14.3 Å². The van der Waals surface area contributed by atoms with Gasteiger partial charge in [0.1, 0.15) is 0 Å². The molecule has 1 fully saturated rings. The van der Waals surface area contributed by atoms with Gasteiger partial charge in [-0.25, -0.2) is 0 Å². The van der Waals surface area contributed by atoms with Crippen molar-refractivity contribution >= 4 is 18.3 Å². The van der Waals surface area contributed by atoms with Gasteiger partial charge in [0.25, 0.3) is 5.91 Å². The molecule has 6 heteroatoms. The Morgan fingerprint density at radius 1 is 1.40 bits per heavy atom. The van der Waals surface area contributed by atoms with Gasteiger partial charge in [0.05, 0.1) is 19.8 Å². The minimum absolute atomic E-state index is 0. The van der Waals surface area contributed by atoms with Crippen LogP contribution in [0.5, 0.6) is 11.5 Å². The molecule has 1 aliphatic heterocycles. The fraction of sp³-hybridized carbons (Fsp3) is 0.500. The van der Waals surface area contributed by atoms with E-state index in [0.717, 1.165) is 19.5 Å². The van der Waals surface area contributed by atoms with Gasteiger partial charge >= 0.3 is 0 Å². The van der Waals surface area contributed by atoms with Gasteiger partial charge in [-0.1, -0.05) is 6.07 Å². The van der Waals surface area contributed by atoms with Crippen molar-refractivity contribution in [2.45, 2.75) is 6.42 Å². The summed E-state index contributed by atoms with van der Waals surface area (Å²) in [5.41, 5.74) is 6.20. The van der Waals surface area contributed by atoms with Crippen LogP contribution in [0.15, 0.2) is 18.2 Å². The SMILES string of the molecule is COc1cccc(C(=O)N2CCC(CN)C2)c1OC.Cl. The summed E-state index contributed by atoms with van der Waals surface area (Å²) in [4.78, 5) is 14.3. The number of nitrogens with two attached hydrogens (primary N) is 1. The molecule has 0 radical (unpaired) electrons. The van der Waals surface area contributed by atoms with Crippen molar-refractivity contribution in [3.63, 3.8) is 0 Å². The van der Waals surface area contributed by atoms with Crippen molar-refractivity contribution in [1.29, 1.82) is 0 Å². The molecule has 1 saturated heterocycles. The number of halogens is 1. The normalized spacial score (nSPS) is 17.6. The van der Waals surface area contributed by atoms with Crippen molar-refractivity contribution in [2.24, 2.45) is 11.7 Å². The van der Waals surface area contributed by atoms with Crippen LogP contribution < -0.4 is 15.2 Å². The molecule has 1 aromatic rings. The molecule has 1 amide bonds. The first-order valence-corrected chi connectivity index (χ1v) is 6.41. The second-order valence-corrected chi connectivity index (χ2v) is 4.68. The summed E-state index contributed by atoms with van der Waals surface area (Å²) >= 11 is 0. The average Bonchev–Trinajstić information content (AvgIpc) is 2.94. The number of hydrogen-bond acceptors (Lipinski definition) is 4. The van der Waals surface area contributed by atoms with E-state index in [4.69, 9.17) is 15.2 Å². The molecule has 2 rings (SSSR count). The van der Waals surface area contributed by atoms with Crippen LogP contribution >= 0.6 is 12.4 Å². The molecule has 1 aromatic carbocycles. The Bertz CT molecular complexity index is 468. The molecule has 112 valence electrons. The number of para-hydroxylation sites is 1. The van der Waals surface area contributed by atoms with Crippen LogP contribution in [0.3, 0.4) is 0 Å². The maximum atomic E-state index is 12.5. The van der Waals surface area contributed by atoms with E-state index >= 15 is 0 Å². The summed E-state index contributed by atoms with van der Waals surface area (Å²) in [5, 5.41) is 0. The van der Waals surface area contributed by atoms with E-state index < -0.39 is 0 Å². The highest BCUT2D eigenvalue weighted by atomic mass is 35.5. The number of amides is 1. The zero-order valence-corrected chi connectivity index (χ0v) is 12.6. The zero-order chi connectivity index (χ0) is 13.8. The third-order valence-electron chi connectivity index (χ3n) is 3.54. The lowest BCUT2D eigenvalue weighted by Gasteiger charge is -2.19. The first kappa shape index (κ1) is 16.6. The van der Waals surface area contributed by atoms with E-state index in [-0.39, 0.29) is 18.3 Å². The van der Waals surface area contributed by atoms with E-state index in [1.54, 1.807) is 32.4 Å². The lowest BCUT2D eigenvalue weighted by atomic mass is 10.1. The van der Waals surface area contributed by atoms with Crippen LogP contribution in [0.4, 0.5) is 0 Å². The topological polar surface area (TPSA) is 64.8 Å². The molecule has 5 nitrogen and oxygen atoms in total. The highest BCUT2D eigenvalue weighted by Gasteiger charge is 2.28. The van der Waals surface area contributed by atoms with Crippen molar-refractivity contribution in [2.75, 3.05) is 33.9 Å². The molecule has 1 aliphatic rings. The average molecular weight is 301 g/mol. The fourth-order valence-electron chi connectivity index (χ4n) is 2.44. The summed E-state index contributed by atoms with van der Waals surface area (Å²) in [7, 11) is 3.10. The third kappa shape index (κ3) is 3.16. The van der Waals surface area contributed by atoms with E-state index in [1.807, 2.05) is 4.90 Å². The number of nitrogens with zero attached hydrogens (tertiary/aromatic N) is 1. The first-order valence-electron chi connectivity index (χ1n) is 6.41. The fourth-order valence-corrected chi connectivity index (χ4v) is 2.44. The summed E-state index contributed by atoms with van der Waals surface area (Å²) in [6, 6.07) is 5.34. The number of methoxy groups -OCH3 is 2. The highest BCUT2D eigenvalue weighted by Crippen LogP contribution is 2.32. The Hall–Kier alpha value is -1.46. The smallest absolute Gasteiger partial charge is 0.257 e. The number of hydrogen-bond donors (Lipinski definition) is 1. The summed E-state index contributed by atoms with van der Waals surface area (Å²) < 4.78 is 10.5. The zero-order valence-electron chi connectivity index (χ0n) is 11.8. The van der Waals surface area contributed by atoms with Crippen LogP contribution in [-0.2, 0) is 0 Å². The van der Waals surface area contributed by atoms with Crippen LogP contribution in [0.1, 0.15) is 16.8 Å². The highest BCUT2D eigenvalue weighted by molar-refractivity contribution is 5.98. The largest absolute Gasteiger partial charge is 0.493 e. The predicted molar refractivity (Wildman–Crippen MR) is 79.9 cm³/mol. The maximum Gasteiger partial charge on any atom is 0.257 e. The third-order valence-corrected chi connectivity index (χ3v) is 3.54. The van der Waals surface area contributed by atoms with Gasteiger partial charge in [-0.15, -0.1) is 12.4 Å². The molecule has 1 atom stereocenters. The molecule has 0 spiro atoms. The summed E-state index contributed by atoms with van der Waals surface area (Å²) in [6.07, 6.45) is 0.967. The Morgan fingerprint density at radius 3 is 2.70 bits per heavy atom. The lowest BCUT2D eigenvalue weighted by Crippen LogP contribution is -2.30. The predicted octanol–water partition coefficient (Wildman–Crippen LogP) is 1.55. The Morgan fingerprint density at radius 2 is 2.15 bits per heavy atom. The maximum absolute atomic E-state index is 12.5. The van der Waals surface area contributed by atoms with Crippen molar-refractivity contribution in [3.05, 3.63) is 23.8 Å². The number of ether oxygens (including phenoxy) is 2. The Labute approximate surface area is 125 Å². The Kier molecular flexibility index (Phi) is 6.10. The van der Waals surface area contributed by atoms with E-state index in [1.165, 1.54) is 0 Å². The van der Waals surface area contributed by atoms with Gasteiger partial charge in [-0.05, 0) is 31.0 Å². The quantitative estimate of drug-likeness (QED) is 0.916. The minimum atomic E-state index is -0.0216. The number of carbonyl (C=O) groups excluding carboxylic acids is 1. The summed E-state index contributed by atoms with van der Waals surface area (Å²) in [6.45, 7) is 2.09. The molecule has 0 aliphatic carbocycles. The number of likely N-dealkylation sites (tertiary alicyclic amines) is 1. The number of benzene rings is 1. The van der Waals surface area contributed by atoms with Crippen molar-refractivity contribution in [1.82, 2.24) is 4.90 Å². The lowest BCUT2D eigenvalue weighted by molar-refractivity contribution is 0.0783. The van der Waals surface area contributed by atoms with Gasteiger partial charge in [0.15, 0.2) is 11.5 Å². The molecular formula is C14H21ClN2O3. The van der Waals surface area contributed by atoms with Crippen LogP contribution in [0, 0.1) is 5.92 Å². The van der Waals surface area contributed by atoms with Gasteiger partial charge in [0.2, 0.25) is 0 Å².